The lowest BCUT2D eigenvalue weighted by Gasteiger charge is -2.25. The van der Waals surface area contributed by atoms with Crippen LogP contribution in [0.4, 0.5) is 0 Å². The van der Waals surface area contributed by atoms with Gasteiger partial charge in [0.15, 0.2) is 0 Å². The van der Waals surface area contributed by atoms with Crippen LogP contribution in [0.1, 0.15) is 74.7 Å². The van der Waals surface area contributed by atoms with Crippen molar-refractivity contribution in [3.63, 3.8) is 0 Å². The van der Waals surface area contributed by atoms with Gasteiger partial charge in [0.1, 0.15) is 0 Å². The number of piperidine rings is 2. The Labute approximate surface area is 124 Å². The van der Waals surface area contributed by atoms with E-state index < -0.39 is 0 Å². The number of nitrogens with one attached hydrogen (secondary N) is 2. The van der Waals surface area contributed by atoms with E-state index in [4.69, 9.17) is 0 Å². The molecule has 2 saturated heterocycles. The maximum absolute atomic E-state index is 3.46. The summed E-state index contributed by atoms with van der Waals surface area (Å²) >= 11 is 0. The van der Waals surface area contributed by atoms with E-state index >= 15 is 0 Å². The SMILES string of the molecule is C.C.C.C.C1CC2CCNCC2C1.C1CCNCC1. The van der Waals surface area contributed by atoms with Gasteiger partial charge in [-0.3, -0.25) is 0 Å². The van der Waals surface area contributed by atoms with Crippen molar-refractivity contribution in [3.8, 4) is 0 Å². The Morgan fingerprint density at radius 2 is 1.16 bits per heavy atom. The summed E-state index contributed by atoms with van der Waals surface area (Å²) in [5.41, 5.74) is 0. The normalized spacial score (nSPS) is 27.8. The van der Waals surface area contributed by atoms with Crippen molar-refractivity contribution in [1.29, 1.82) is 0 Å². The fourth-order valence-electron chi connectivity index (χ4n) is 3.14. The van der Waals surface area contributed by atoms with Gasteiger partial charge in [0, 0.05) is 0 Å². The van der Waals surface area contributed by atoms with Gasteiger partial charge in [-0.05, 0) is 63.7 Å². The molecule has 0 aromatic rings. The Morgan fingerprint density at radius 1 is 0.526 bits per heavy atom. The van der Waals surface area contributed by atoms with Gasteiger partial charge in [0.25, 0.3) is 0 Å². The summed E-state index contributed by atoms with van der Waals surface area (Å²) < 4.78 is 0. The highest BCUT2D eigenvalue weighted by molar-refractivity contribution is 4.82. The zero-order chi connectivity index (χ0) is 10.3. The summed E-state index contributed by atoms with van der Waals surface area (Å²) in [6, 6.07) is 0. The molecule has 2 heterocycles. The molecule has 1 saturated carbocycles. The van der Waals surface area contributed by atoms with Crippen molar-refractivity contribution in [1.82, 2.24) is 10.6 Å². The molecule has 120 valence electrons. The third kappa shape index (κ3) is 8.65. The second kappa shape index (κ2) is 14.3. The second-order valence-electron chi connectivity index (χ2n) is 5.25. The summed E-state index contributed by atoms with van der Waals surface area (Å²) in [6.07, 6.45) is 10.2. The molecule has 19 heavy (non-hydrogen) atoms. The van der Waals surface area contributed by atoms with Crippen LogP contribution in [0.2, 0.25) is 0 Å². The van der Waals surface area contributed by atoms with Gasteiger partial charge in [-0.25, -0.2) is 0 Å². The van der Waals surface area contributed by atoms with Gasteiger partial charge >= 0.3 is 0 Å². The maximum Gasteiger partial charge on any atom is -0.00179 e. The molecule has 2 atom stereocenters. The van der Waals surface area contributed by atoms with E-state index in [9.17, 15) is 0 Å². The Bertz CT molecular complexity index is 143. The first kappa shape index (κ1) is 24.0. The lowest BCUT2D eigenvalue weighted by Crippen LogP contribution is -2.33. The zero-order valence-electron chi connectivity index (χ0n) is 9.93. The van der Waals surface area contributed by atoms with Crippen LogP contribution in [0.5, 0.6) is 0 Å². The van der Waals surface area contributed by atoms with E-state index in [2.05, 4.69) is 10.6 Å². The molecule has 0 spiro atoms. The van der Waals surface area contributed by atoms with Crippen molar-refractivity contribution in [2.24, 2.45) is 11.8 Å². The number of rotatable bonds is 0. The fraction of sp³-hybridized carbons (Fsp3) is 1.00. The molecule has 2 unspecified atom stereocenters. The van der Waals surface area contributed by atoms with E-state index in [0.29, 0.717) is 0 Å². The van der Waals surface area contributed by atoms with E-state index in [1.807, 2.05) is 0 Å². The molecular formula is C17H42N2. The van der Waals surface area contributed by atoms with Gasteiger partial charge < -0.3 is 10.6 Å². The van der Waals surface area contributed by atoms with Gasteiger partial charge in [-0.1, -0.05) is 49.0 Å². The summed E-state index contributed by atoms with van der Waals surface area (Å²) in [5.74, 6) is 2.16. The molecule has 2 nitrogen and oxygen atoms in total. The monoisotopic (exact) mass is 274 g/mol. The molecular weight excluding hydrogens is 232 g/mol. The molecule has 0 bridgehead atoms. The van der Waals surface area contributed by atoms with Crippen LogP contribution >= 0.6 is 0 Å². The molecule has 0 radical (unpaired) electrons. The van der Waals surface area contributed by atoms with Crippen LogP contribution in [0.3, 0.4) is 0 Å². The molecule has 2 heteroatoms. The Kier molecular flexibility index (Phi) is 18.1. The number of fused-ring (bicyclic) bond motifs is 1. The molecule has 0 aromatic carbocycles. The van der Waals surface area contributed by atoms with Crippen molar-refractivity contribution in [2.75, 3.05) is 26.2 Å². The third-order valence-electron chi connectivity index (χ3n) is 4.12. The van der Waals surface area contributed by atoms with Gasteiger partial charge in [0.05, 0.1) is 0 Å². The van der Waals surface area contributed by atoms with Crippen LogP contribution in [0.15, 0.2) is 0 Å². The summed E-state index contributed by atoms with van der Waals surface area (Å²) in [6.45, 7) is 5.09. The molecule has 1 aliphatic carbocycles. The zero-order valence-corrected chi connectivity index (χ0v) is 9.93. The first-order valence-corrected chi connectivity index (χ1v) is 6.88. The van der Waals surface area contributed by atoms with Crippen LogP contribution in [0, 0.1) is 11.8 Å². The quantitative estimate of drug-likeness (QED) is 0.669. The molecule has 0 aromatic heterocycles. The molecule has 2 aliphatic heterocycles. The maximum atomic E-state index is 3.46. The standard InChI is InChI=1S/C8H15N.C5H11N.4CH4/c1-2-7-4-5-9-6-8(7)3-1;1-2-4-6-5-3-1;;;;/h7-9H,1-6H2;6H,1-5H2;4*1H4. The predicted molar refractivity (Wildman–Crippen MR) is 92.0 cm³/mol. The molecule has 2 N–H and O–H groups in total. The summed E-state index contributed by atoms with van der Waals surface area (Å²) in [7, 11) is 0. The molecule has 0 amide bonds. The van der Waals surface area contributed by atoms with Crippen LogP contribution in [-0.4, -0.2) is 26.2 Å². The molecule has 3 fully saturated rings. The van der Waals surface area contributed by atoms with E-state index in [0.717, 1.165) is 11.8 Å². The average Bonchev–Trinajstić information content (AvgIpc) is 2.80. The van der Waals surface area contributed by atoms with Gasteiger partial charge in [-0.15, -0.1) is 0 Å². The van der Waals surface area contributed by atoms with Crippen LogP contribution in [-0.2, 0) is 0 Å². The van der Waals surface area contributed by atoms with E-state index in [1.165, 1.54) is 71.1 Å². The lowest BCUT2D eigenvalue weighted by molar-refractivity contribution is 0.295. The Hall–Kier alpha value is -0.0800. The number of hydrogen-bond acceptors (Lipinski definition) is 2. The first-order chi connectivity index (χ1) is 7.47. The number of hydrogen-bond donors (Lipinski definition) is 2. The van der Waals surface area contributed by atoms with Gasteiger partial charge in [0.2, 0.25) is 0 Å². The minimum atomic E-state index is 0. The summed E-state index contributed by atoms with van der Waals surface area (Å²) in [4.78, 5) is 0. The third-order valence-corrected chi connectivity index (χ3v) is 4.12. The topological polar surface area (TPSA) is 24.1 Å². The van der Waals surface area contributed by atoms with Crippen molar-refractivity contribution < 1.29 is 0 Å². The predicted octanol–water partition coefficient (Wildman–Crippen LogP) is 4.70. The minimum Gasteiger partial charge on any atom is -0.317 e. The van der Waals surface area contributed by atoms with Crippen molar-refractivity contribution in [3.05, 3.63) is 0 Å². The highest BCUT2D eigenvalue weighted by Crippen LogP contribution is 2.34. The largest absolute Gasteiger partial charge is 0.317 e. The van der Waals surface area contributed by atoms with Crippen molar-refractivity contribution >= 4 is 0 Å². The van der Waals surface area contributed by atoms with Gasteiger partial charge in [-0.2, -0.15) is 0 Å². The Morgan fingerprint density at radius 3 is 1.63 bits per heavy atom. The van der Waals surface area contributed by atoms with E-state index in [-0.39, 0.29) is 29.7 Å². The lowest BCUT2D eigenvalue weighted by atomic mass is 9.90. The van der Waals surface area contributed by atoms with Crippen LogP contribution < -0.4 is 10.6 Å². The average molecular weight is 275 g/mol. The highest BCUT2D eigenvalue weighted by atomic mass is 14.9. The summed E-state index contributed by atoms with van der Waals surface area (Å²) in [5, 5.41) is 6.74. The van der Waals surface area contributed by atoms with E-state index in [1.54, 1.807) is 0 Å². The Balaban J connectivity index is -0.000000234. The molecule has 3 aliphatic rings. The minimum absolute atomic E-state index is 0. The highest BCUT2D eigenvalue weighted by Gasteiger charge is 2.28. The second-order valence-corrected chi connectivity index (χ2v) is 5.25. The first-order valence-electron chi connectivity index (χ1n) is 6.88. The van der Waals surface area contributed by atoms with Crippen molar-refractivity contribution in [2.45, 2.75) is 74.7 Å². The fourth-order valence-corrected chi connectivity index (χ4v) is 3.14. The smallest absolute Gasteiger partial charge is 0.00179 e. The van der Waals surface area contributed by atoms with Crippen LogP contribution in [0.25, 0.3) is 0 Å². The molecule has 3 rings (SSSR count).